The number of hydrogen-bond acceptors (Lipinski definition) is 5. The smallest absolute Gasteiger partial charge is 0.225 e. The number of carbonyl (C=O) groups excluding carboxylic acids is 1. The van der Waals surface area contributed by atoms with Crippen LogP contribution in [0.2, 0.25) is 0 Å². The Morgan fingerprint density at radius 3 is 2.54 bits per heavy atom. The van der Waals surface area contributed by atoms with Crippen LogP contribution in [0.4, 0.5) is 0 Å². The Hall–Kier alpha value is -2.31. The number of furan rings is 1. The monoisotopic (exact) mass is 384 g/mol. The van der Waals surface area contributed by atoms with Crippen LogP contribution in [0.25, 0.3) is 0 Å². The van der Waals surface area contributed by atoms with Crippen molar-refractivity contribution in [3.8, 4) is 0 Å². The van der Waals surface area contributed by atoms with Gasteiger partial charge in [-0.05, 0) is 55.9 Å². The number of allylic oxidation sites excluding steroid dienone is 2. The highest BCUT2D eigenvalue weighted by Gasteiger charge is 2.30. The largest absolute Gasteiger partial charge is 0.468 e. The number of piperidine rings is 1. The van der Waals surface area contributed by atoms with Gasteiger partial charge in [0.25, 0.3) is 0 Å². The first-order chi connectivity index (χ1) is 13.7. The molecule has 0 atom stereocenters. The number of hydrogen-bond donors (Lipinski definition) is 1. The molecule has 1 aromatic heterocycles. The summed E-state index contributed by atoms with van der Waals surface area (Å²) in [5.41, 5.74) is 6.67. The topological polar surface area (TPSA) is 66.0 Å². The third kappa shape index (κ3) is 5.59. The van der Waals surface area contributed by atoms with Gasteiger partial charge in [-0.1, -0.05) is 18.7 Å². The fraction of sp³-hybridized carbons (Fsp3) is 0.500. The maximum absolute atomic E-state index is 12.9. The van der Waals surface area contributed by atoms with Crippen LogP contribution < -0.4 is 5.73 Å². The molecule has 0 saturated carbocycles. The predicted molar refractivity (Wildman–Crippen MR) is 111 cm³/mol. The molecule has 2 N–H and O–H groups in total. The molecule has 1 amide bonds. The van der Waals surface area contributed by atoms with E-state index in [2.05, 4.69) is 21.3 Å². The molecule has 0 radical (unpaired) electrons. The van der Waals surface area contributed by atoms with Crippen molar-refractivity contribution in [1.82, 2.24) is 14.7 Å². The summed E-state index contributed by atoms with van der Waals surface area (Å²) in [6.07, 6.45) is 10.8. The summed E-state index contributed by atoms with van der Waals surface area (Å²) in [7, 11) is 0. The van der Waals surface area contributed by atoms with Crippen LogP contribution in [0, 0.1) is 5.92 Å². The van der Waals surface area contributed by atoms with Gasteiger partial charge in [-0.2, -0.15) is 0 Å². The molecular weight excluding hydrogens is 352 g/mol. The highest BCUT2D eigenvalue weighted by atomic mass is 16.3. The first-order valence-corrected chi connectivity index (χ1v) is 10.2. The Kier molecular flexibility index (Phi) is 7.51. The lowest BCUT2D eigenvalue weighted by molar-refractivity contribution is -0.138. The molecule has 6 nitrogen and oxygen atoms in total. The van der Waals surface area contributed by atoms with Crippen molar-refractivity contribution >= 4 is 5.91 Å². The van der Waals surface area contributed by atoms with Crippen molar-refractivity contribution in [2.24, 2.45) is 11.7 Å². The van der Waals surface area contributed by atoms with Gasteiger partial charge in [-0.25, -0.2) is 0 Å². The normalized spacial score (nSPS) is 20.7. The minimum Gasteiger partial charge on any atom is -0.468 e. The molecule has 1 aromatic rings. The van der Waals surface area contributed by atoms with Gasteiger partial charge in [0.15, 0.2) is 0 Å². The van der Waals surface area contributed by atoms with E-state index in [9.17, 15) is 4.79 Å². The molecule has 152 valence electrons. The first-order valence-electron chi connectivity index (χ1n) is 10.2. The first kappa shape index (κ1) is 20.4. The third-order valence-corrected chi connectivity index (χ3v) is 5.63. The van der Waals surface area contributed by atoms with Gasteiger partial charge in [-0.3, -0.25) is 14.6 Å². The van der Waals surface area contributed by atoms with E-state index in [1.165, 1.54) is 0 Å². The average molecular weight is 385 g/mol. The highest BCUT2D eigenvalue weighted by Crippen LogP contribution is 2.22. The van der Waals surface area contributed by atoms with Crippen LogP contribution in [-0.2, 0) is 11.3 Å². The van der Waals surface area contributed by atoms with Crippen molar-refractivity contribution in [3.63, 3.8) is 0 Å². The van der Waals surface area contributed by atoms with E-state index in [4.69, 9.17) is 10.2 Å². The van der Waals surface area contributed by atoms with Crippen molar-refractivity contribution in [2.75, 3.05) is 45.8 Å². The molecule has 3 rings (SSSR count). The van der Waals surface area contributed by atoms with Gasteiger partial charge in [0.2, 0.25) is 5.91 Å². The second kappa shape index (κ2) is 10.3. The second-order valence-corrected chi connectivity index (χ2v) is 7.57. The highest BCUT2D eigenvalue weighted by molar-refractivity contribution is 5.79. The van der Waals surface area contributed by atoms with Crippen molar-refractivity contribution in [3.05, 3.63) is 60.7 Å². The Balaban J connectivity index is 1.41. The zero-order valence-corrected chi connectivity index (χ0v) is 16.6. The standard InChI is InChI=1S/C22H32N4O2/c1-2-4-19(6-9-23)17-24-10-7-20(8-11-24)22(27)26-14-12-25(13-15-26)18-21-5-3-16-28-21/h2-6,9,16,20H,1,7-8,10-15,17-18,23H2/b9-6-,19-4+. The molecule has 28 heavy (non-hydrogen) atoms. The van der Waals surface area contributed by atoms with E-state index in [0.717, 1.165) is 76.5 Å². The number of nitrogens with two attached hydrogens (primary N) is 1. The summed E-state index contributed by atoms with van der Waals surface area (Å²) >= 11 is 0. The van der Waals surface area contributed by atoms with E-state index >= 15 is 0 Å². The van der Waals surface area contributed by atoms with Gasteiger partial charge < -0.3 is 15.1 Å². The molecular formula is C22H32N4O2. The zero-order valence-electron chi connectivity index (χ0n) is 16.6. The summed E-state index contributed by atoms with van der Waals surface area (Å²) < 4.78 is 5.43. The Morgan fingerprint density at radius 1 is 1.18 bits per heavy atom. The van der Waals surface area contributed by atoms with Crippen molar-refractivity contribution in [1.29, 1.82) is 0 Å². The van der Waals surface area contributed by atoms with Crippen LogP contribution in [-0.4, -0.2) is 66.4 Å². The molecule has 6 heteroatoms. The lowest BCUT2D eigenvalue weighted by Gasteiger charge is -2.38. The average Bonchev–Trinajstić information content (AvgIpc) is 3.22. The van der Waals surface area contributed by atoms with Gasteiger partial charge in [0, 0.05) is 38.6 Å². The lowest BCUT2D eigenvalue weighted by atomic mass is 9.94. The number of amides is 1. The lowest BCUT2D eigenvalue weighted by Crippen LogP contribution is -2.51. The minimum atomic E-state index is 0.157. The fourth-order valence-corrected chi connectivity index (χ4v) is 4.04. The number of likely N-dealkylation sites (tertiary alicyclic amines) is 1. The summed E-state index contributed by atoms with van der Waals surface area (Å²) in [6.45, 7) is 10.8. The Labute approximate surface area is 167 Å². The number of rotatable bonds is 7. The summed E-state index contributed by atoms with van der Waals surface area (Å²) in [6, 6.07) is 3.92. The third-order valence-electron chi connectivity index (χ3n) is 5.63. The van der Waals surface area contributed by atoms with Gasteiger partial charge >= 0.3 is 0 Å². The molecule has 3 heterocycles. The molecule has 2 aliphatic heterocycles. The zero-order chi connectivity index (χ0) is 19.8. The van der Waals surface area contributed by atoms with Crippen LogP contribution in [0.1, 0.15) is 18.6 Å². The van der Waals surface area contributed by atoms with Crippen LogP contribution >= 0.6 is 0 Å². The van der Waals surface area contributed by atoms with E-state index in [0.29, 0.717) is 5.91 Å². The molecule has 0 aliphatic carbocycles. The van der Waals surface area contributed by atoms with E-state index in [1.807, 2.05) is 24.3 Å². The quantitative estimate of drug-likeness (QED) is 0.730. The van der Waals surface area contributed by atoms with E-state index in [-0.39, 0.29) is 5.92 Å². The number of carbonyl (C=O) groups is 1. The van der Waals surface area contributed by atoms with Crippen LogP contribution in [0.5, 0.6) is 0 Å². The van der Waals surface area contributed by atoms with Crippen LogP contribution in [0.3, 0.4) is 0 Å². The molecule has 2 fully saturated rings. The number of piperazine rings is 1. The maximum atomic E-state index is 12.9. The molecule has 0 bridgehead atoms. The van der Waals surface area contributed by atoms with Gasteiger partial charge in [-0.15, -0.1) is 0 Å². The van der Waals surface area contributed by atoms with Gasteiger partial charge in [0.05, 0.1) is 12.8 Å². The van der Waals surface area contributed by atoms with E-state index < -0.39 is 0 Å². The molecule has 0 aromatic carbocycles. The maximum Gasteiger partial charge on any atom is 0.225 e. The SMILES string of the molecule is C=C/C=C(\C=C/N)CN1CCC(C(=O)N2CCN(Cc3ccco3)CC2)CC1. The molecule has 2 aliphatic rings. The molecule has 2 saturated heterocycles. The van der Waals surface area contributed by atoms with Crippen molar-refractivity contribution in [2.45, 2.75) is 19.4 Å². The van der Waals surface area contributed by atoms with Crippen LogP contribution in [0.15, 0.2) is 59.4 Å². The second-order valence-electron chi connectivity index (χ2n) is 7.57. The summed E-state index contributed by atoms with van der Waals surface area (Å²) in [5, 5.41) is 0. The van der Waals surface area contributed by atoms with E-state index in [1.54, 1.807) is 18.5 Å². The van der Waals surface area contributed by atoms with Crippen molar-refractivity contribution < 1.29 is 9.21 Å². The minimum absolute atomic E-state index is 0.157. The summed E-state index contributed by atoms with van der Waals surface area (Å²) in [5.74, 6) is 1.48. The van der Waals surface area contributed by atoms with Gasteiger partial charge in [0.1, 0.15) is 5.76 Å². The Bertz CT molecular complexity index is 679. The number of nitrogens with zero attached hydrogens (tertiary/aromatic N) is 3. The molecule has 0 spiro atoms. The predicted octanol–water partition coefficient (Wildman–Crippen LogP) is 2.22. The fourth-order valence-electron chi connectivity index (χ4n) is 4.04. The Morgan fingerprint density at radius 2 is 1.93 bits per heavy atom. The summed E-state index contributed by atoms with van der Waals surface area (Å²) in [4.78, 5) is 19.7. The molecule has 0 unspecified atom stereocenters.